The van der Waals surface area contributed by atoms with Gasteiger partial charge in [0.05, 0.1) is 6.20 Å². The van der Waals surface area contributed by atoms with E-state index in [-0.39, 0.29) is 5.58 Å². The van der Waals surface area contributed by atoms with Crippen molar-refractivity contribution >= 4 is 16.7 Å². The molecular formula is C11H7FN2O2. The number of nitrogens with zero attached hydrogens (tertiary/aromatic N) is 1. The van der Waals surface area contributed by atoms with E-state index in [1.54, 1.807) is 18.2 Å². The fourth-order valence-corrected chi connectivity index (χ4v) is 1.57. The van der Waals surface area contributed by atoms with Gasteiger partial charge < -0.3 is 14.7 Å². The first kappa shape index (κ1) is 8.96. The highest BCUT2D eigenvalue weighted by molar-refractivity contribution is 5.84. The van der Waals surface area contributed by atoms with Crippen LogP contribution < -0.4 is 5.73 Å². The van der Waals surface area contributed by atoms with Crippen LogP contribution in [-0.2, 0) is 0 Å². The van der Waals surface area contributed by atoms with Crippen molar-refractivity contribution in [2.75, 3.05) is 5.73 Å². The summed E-state index contributed by atoms with van der Waals surface area (Å²) >= 11 is 0. The van der Waals surface area contributed by atoms with Crippen LogP contribution >= 0.6 is 0 Å². The van der Waals surface area contributed by atoms with E-state index in [0.717, 1.165) is 0 Å². The molecule has 2 heterocycles. The standard InChI is InChI=1S/C11H7FN2O2/c12-7-3-1-2-6-4-9(15-10(6)7)11-8(13)5-14-16-11/h1-5H,13H2. The molecule has 0 radical (unpaired) electrons. The molecule has 2 aromatic heterocycles. The lowest BCUT2D eigenvalue weighted by Gasteiger charge is -1.90. The first-order valence-electron chi connectivity index (χ1n) is 4.64. The molecule has 1 aromatic carbocycles. The monoisotopic (exact) mass is 218 g/mol. The Morgan fingerprint density at radius 3 is 2.88 bits per heavy atom. The second-order valence-corrected chi connectivity index (χ2v) is 3.38. The average molecular weight is 218 g/mol. The Morgan fingerprint density at radius 1 is 1.31 bits per heavy atom. The molecule has 16 heavy (non-hydrogen) atoms. The number of halogens is 1. The molecule has 0 atom stereocenters. The van der Waals surface area contributed by atoms with Crippen LogP contribution in [0.15, 0.2) is 39.4 Å². The van der Waals surface area contributed by atoms with Crippen molar-refractivity contribution in [3.63, 3.8) is 0 Å². The topological polar surface area (TPSA) is 65.2 Å². The third-order valence-corrected chi connectivity index (χ3v) is 2.32. The Balaban J connectivity index is 2.27. The van der Waals surface area contributed by atoms with Crippen LogP contribution in [0.3, 0.4) is 0 Å². The van der Waals surface area contributed by atoms with Gasteiger partial charge in [-0.25, -0.2) is 4.39 Å². The van der Waals surface area contributed by atoms with Crippen LogP contribution in [0, 0.1) is 5.82 Å². The second-order valence-electron chi connectivity index (χ2n) is 3.38. The van der Waals surface area contributed by atoms with Gasteiger partial charge in [-0.05, 0) is 12.1 Å². The van der Waals surface area contributed by atoms with E-state index in [1.165, 1.54) is 12.3 Å². The highest BCUT2D eigenvalue weighted by atomic mass is 19.1. The number of hydrogen-bond donors (Lipinski definition) is 1. The normalized spacial score (nSPS) is 11.1. The number of benzene rings is 1. The maximum absolute atomic E-state index is 13.4. The van der Waals surface area contributed by atoms with Crippen LogP contribution in [0.5, 0.6) is 0 Å². The Labute approximate surface area is 89.4 Å². The summed E-state index contributed by atoms with van der Waals surface area (Å²) in [6, 6.07) is 6.35. The molecule has 2 N–H and O–H groups in total. The first-order valence-corrected chi connectivity index (χ1v) is 4.64. The van der Waals surface area contributed by atoms with Crippen LogP contribution in [0.2, 0.25) is 0 Å². The van der Waals surface area contributed by atoms with Crippen LogP contribution in [0.25, 0.3) is 22.5 Å². The molecule has 0 aliphatic carbocycles. The average Bonchev–Trinajstić information content (AvgIpc) is 2.84. The molecule has 0 saturated carbocycles. The van der Waals surface area contributed by atoms with Gasteiger partial charge in [-0.15, -0.1) is 0 Å². The summed E-state index contributed by atoms with van der Waals surface area (Å²) in [5.74, 6) is 0.271. The van der Waals surface area contributed by atoms with Crippen LogP contribution in [-0.4, -0.2) is 5.16 Å². The lowest BCUT2D eigenvalue weighted by atomic mass is 10.2. The van der Waals surface area contributed by atoms with Crippen molar-refractivity contribution in [1.29, 1.82) is 0 Å². The minimum absolute atomic E-state index is 0.188. The molecule has 3 rings (SSSR count). The van der Waals surface area contributed by atoms with Gasteiger partial charge in [-0.3, -0.25) is 0 Å². The van der Waals surface area contributed by atoms with Crippen molar-refractivity contribution in [2.24, 2.45) is 0 Å². The van der Waals surface area contributed by atoms with E-state index < -0.39 is 5.82 Å². The number of rotatable bonds is 1. The molecule has 5 heteroatoms. The molecule has 3 aromatic rings. The van der Waals surface area contributed by atoms with Gasteiger partial charge in [-0.1, -0.05) is 17.3 Å². The highest BCUT2D eigenvalue weighted by Gasteiger charge is 2.15. The molecule has 0 unspecified atom stereocenters. The summed E-state index contributed by atoms with van der Waals surface area (Å²) < 4.78 is 23.6. The number of fused-ring (bicyclic) bond motifs is 1. The third-order valence-electron chi connectivity index (χ3n) is 2.32. The number of nitrogen functional groups attached to an aromatic ring is 1. The maximum Gasteiger partial charge on any atom is 0.224 e. The molecule has 0 spiro atoms. The smallest absolute Gasteiger partial charge is 0.224 e. The minimum atomic E-state index is -0.415. The molecular weight excluding hydrogens is 211 g/mol. The highest BCUT2D eigenvalue weighted by Crippen LogP contribution is 2.32. The number of anilines is 1. The quantitative estimate of drug-likeness (QED) is 0.682. The molecule has 0 fully saturated rings. The largest absolute Gasteiger partial charge is 0.449 e. The van der Waals surface area contributed by atoms with E-state index in [9.17, 15) is 4.39 Å². The summed E-state index contributed by atoms with van der Waals surface area (Å²) in [5.41, 5.74) is 6.17. The van der Waals surface area contributed by atoms with Crippen molar-refractivity contribution in [2.45, 2.75) is 0 Å². The summed E-state index contributed by atoms with van der Waals surface area (Å²) in [4.78, 5) is 0. The molecule has 0 saturated heterocycles. The Kier molecular flexibility index (Phi) is 1.73. The SMILES string of the molecule is Nc1cnoc1-c1cc2cccc(F)c2o1. The van der Waals surface area contributed by atoms with E-state index in [4.69, 9.17) is 14.7 Å². The first-order chi connectivity index (χ1) is 7.75. The number of aromatic nitrogens is 1. The summed E-state index contributed by atoms with van der Waals surface area (Å²) in [5, 5.41) is 4.20. The van der Waals surface area contributed by atoms with Gasteiger partial charge >= 0.3 is 0 Å². The summed E-state index contributed by atoms with van der Waals surface area (Å²) in [7, 11) is 0. The fourth-order valence-electron chi connectivity index (χ4n) is 1.57. The van der Waals surface area contributed by atoms with Gasteiger partial charge in [0.1, 0.15) is 5.69 Å². The predicted octanol–water partition coefficient (Wildman–Crippen LogP) is 2.81. The predicted molar refractivity (Wildman–Crippen MR) is 56.1 cm³/mol. The lowest BCUT2D eigenvalue weighted by molar-refractivity contribution is 0.420. The van der Waals surface area contributed by atoms with E-state index in [1.807, 2.05) is 0 Å². The van der Waals surface area contributed by atoms with E-state index >= 15 is 0 Å². The molecule has 0 aliphatic heterocycles. The zero-order valence-electron chi connectivity index (χ0n) is 8.11. The zero-order valence-corrected chi connectivity index (χ0v) is 8.11. The Morgan fingerprint density at radius 2 is 2.19 bits per heavy atom. The van der Waals surface area contributed by atoms with Gasteiger partial charge in [0.15, 0.2) is 17.2 Å². The van der Waals surface area contributed by atoms with Gasteiger partial charge in [-0.2, -0.15) is 0 Å². The zero-order chi connectivity index (χ0) is 11.1. The van der Waals surface area contributed by atoms with E-state index in [0.29, 0.717) is 22.6 Å². The number of furan rings is 1. The Hall–Kier alpha value is -2.30. The summed E-state index contributed by atoms with van der Waals surface area (Å²) in [6.07, 6.45) is 1.37. The molecule has 0 bridgehead atoms. The molecule has 80 valence electrons. The van der Waals surface area contributed by atoms with Crippen LogP contribution in [0.1, 0.15) is 0 Å². The van der Waals surface area contributed by atoms with Gasteiger partial charge in [0.2, 0.25) is 5.76 Å². The lowest BCUT2D eigenvalue weighted by Crippen LogP contribution is -1.82. The van der Waals surface area contributed by atoms with Crippen molar-refractivity contribution < 1.29 is 13.3 Å². The molecule has 4 nitrogen and oxygen atoms in total. The summed E-state index contributed by atoms with van der Waals surface area (Å²) in [6.45, 7) is 0. The van der Waals surface area contributed by atoms with Gasteiger partial charge in [0.25, 0.3) is 0 Å². The van der Waals surface area contributed by atoms with Crippen LogP contribution in [0.4, 0.5) is 10.1 Å². The second kappa shape index (κ2) is 3.10. The van der Waals surface area contributed by atoms with E-state index in [2.05, 4.69) is 5.16 Å². The minimum Gasteiger partial charge on any atom is -0.449 e. The Bertz CT molecular complexity index is 657. The number of nitrogens with two attached hydrogens (primary N) is 1. The van der Waals surface area contributed by atoms with Crippen molar-refractivity contribution in [3.05, 3.63) is 36.3 Å². The molecule has 0 amide bonds. The van der Waals surface area contributed by atoms with Crippen molar-refractivity contribution in [3.8, 4) is 11.5 Å². The number of hydrogen-bond acceptors (Lipinski definition) is 4. The maximum atomic E-state index is 13.4. The number of para-hydroxylation sites is 1. The fraction of sp³-hybridized carbons (Fsp3) is 0. The third kappa shape index (κ3) is 1.18. The van der Waals surface area contributed by atoms with Gasteiger partial charge in [0, 0.05) is 5.39 Å². The van der Waals surface area contributed by atoms with Crippen molar-refractivity contribution in [1.82, 2.24) is 5.16 Å². The molecule has 0 aliphatic rings.